The van der Waals surface area contributed by atoms with Crippen LogP contribution in [-0.4, -0.2) is 30.5 Å². The maximum absolute atomic E-state index is 12.3. The van der Waals surface area contributed by atoms with Crippen LogP contribution in [-0.2, 0) is 4.79 Å². The van der Waals surface area contributed by atoms with Gasteiger partial charge in [-0.2, -0.15) is 5.26 Å². The highest BCUT2D eigenvalue weighted by Gasteiger charge is 2.26. The lowest BCUT2D eigenvalue weighted by molar-refractivity contribution is -0.125. The van der Waals surface area contributed by atoms with Gasteiger partial charge in [-0.25, -0.2) is 0 Å². The van der Waals surface area contributed by atoms with Gasteiger partial charge in [-0.15, -0.1) is 0 Å². The summed E-state index contributed by atoms with van der Waals surface area (Å²) in [5, 5.41) is 13.5. The molecule has 1 aliphatic heterocycles. The maximum Gasteiger partial charge on any atom is 0.223 e. The zero-order valence-corrected chi connectivity index (χ0v) is 14.7. The number of hydrogen-bond acceptors (Lipinski definition) is 4. The third kappa shape index (κ3) is 3.74. The van der Waals surface area contributed by atoms with E-state index in [0.717, 1.165) is 61.9 Å². The molecule has 0 bridgehead atoms. The van der Waals surface area contributed by atoms with E-state index in [1.54, 1.807) is 6.20 Å². The van der Waals surface area contributed by atoms with Gasteiger partial charge in [0.1, 0.15) is 6.07 Å². The lowest BCUT2D eigenvalue weighted by Gasteiger charge is -2.34. The fourth-order valence-electron chi connectivity index (χ4n) is 3.45. The first-order valence-corrected chi connectivity index (χ1v) is 9.05. The van der Waals surface area contributed by atoms with Crippen LogP contribution in [0.3, 0.4) is 0 Å². The Morgan fingerprint density at radius 1 is 1.36 bits per heavy atom. The normalized spacial score (nSPS) is 15.1. The zero-order chi connectivity index (χ0) is 17.6. The summed E-state index contributed by atoms with van der Waals surface area (Å²) in [5.74, 6) is 0.250. The number of nitrogens with one attached hydrogen (secondary N) is 1. The Hall–Kier alpha value is -2.61. The molecule has 25 heavy (non-hydrogen) atoms. The summed E-state index contributed by atoms with van der Waals surface area (Å²) in [6.07, 6.45) is 5.41. The number of carbonyl (C=O) groups is 1. The van der Waals surface area contributed by atoms with Crippen molar-refractivity contribution in [2.24, 2.45) is 5.92 Å². The van der Waals surface area contributed by atoms with Gasteiger partial charge in [0, 0.05) is 37.1 Å². The molecule has 5 heteroatoms. The summed E-state index contributed by atoms with van der Waals surface area (Å²) in [6, 6.07) is 10.2. The van der Waals surface area contributed by atoms with Gasteiger partial charge in [-0.1, -0.05) is 31.5 Å². The number of nitriles is 1. The lowest BCUT2D eigenvalue weighted by Crippen LogP contribution is -2.41. The molecule has 1 N–H and O–H groups in total. The first-order chi connectivity index (χ1) is 12.2. The highest BCUT2D eigenvalue weighted by molar-refractivity contribution is 5.94. The molecule has 2 heterocycles. The fourth-order valence-corrected chi connectivity index (χ4v) is 3.45. The highest BCUT2D eigenvalue weighted by Crippen LogP contribution is 2.32. The van der Waals surface area contributed by atoms with E-state index in [-0.39, 0.29) is 11.8 Å². The van der Waals surface area contributed by atoms with E-state index in [1.165, 1.54) is 0 Å². The van der Waals surface area contributed by atoms with Crippen molar-refractivity contribution in [3.8, 4) is 6.07 Å². The van der Waals surface area contributed by atoms with Crippen LogP contribution >= 0.6 is 0 Å². The second-order valence-corrected chi connectivity index (χ2v) is 6.56. The zero-order valence-electron chi connectivity index (χ0n) is 14.7. The van der Waals surface area contributed by atoms with E-state index in [4.69, 9.17) is 0 Å². The molecular formula is C20H24N4O. The molecule has 0 unspecified atom stereocenters. The molecule has 1 aliphatic rings. The number of carbonyl (C=O) groups excluding carboxylic acids is 1. The number of piperidine rings is 1. The molecule has 0 spiro atoms. The topological polar surface area (TPSA) is 69.0 Å². The summed E-state index contributed by atoms with van der Waals surface area (Å²) >= 11 is 0. The monoisotopic (exact) mass is 336 g/mol. The third-order valence-corrected chi connectivity index (χ3v) is 4.88. The van der Waals surface area contributed by atoms with E-state index in [0.29, 0.717) is 5.56 Å². The smallest absolute Gasteiger partial charge is 0.223 e. The van der Waals surface area contributed by atoms with Crippen molar-refractivity contribution in [3.05, 3.63) is 36.0 Å². The number of unbranched alkanes of at least 4 members (excludes halogenated alkanes) is 1. The number of pyridine rings is 1. The number of para-hydroxylation sites is 1. The quantitative estimate of drug-likeness (QED) is 0.851. The minimum atomic E-state index is 0.0757. The van der Waals surface area contributed by atoms with Crippen molar-refractivity contribution in [2.75, 3.05) is 24.5 Å². The van der Waals surface area contributed by atoms with Crippen molar-refractivity contribution < 1.29 is 4.79 Å². The molecule has 0 saturated carbocycles. The van der Waals surface area contributed by atoms with Crippen molar-refractivity contribution >= 4 is 22.5 Å². The standard InChI is InChI=1S/C20H24N4O/c1-2-3-10-22-20(25)15-8-11-24(12-9-15)19-16(13-21)14-23-18-7-5-4-6-17(18)19/h4-7,14-15H,2-3,8-12H2,1H3,(H,22,25). The van der Waals surface area contributed by atoms with Crippen molar-refractivity contribution in [1.29, 1.82) is 5.26 Å². The number of amides is 1. The Morgan fingerprint density at radius 3 is 2.84 bits per heavy atom. The van der Waals surface area contributed by atoms with Crippen LogP contribution in [0, 0.1) is 17.2 Å². The Morgan fingerprint density at radius 2 is 2.12 bits per heavy atom. The highest BCUT2D eigenvalue weighted by atomic mass is 16.1. The Labute approximate surface area is 148 Å². The number of rotatable bonds is 5. The van der Waals surface area contributed by atoms with Crippen molar-refractivity contribution in [3.63, 3.8) is 0 Å². The van der Waals surface area contributed by atoms with Gasteiger partial charge in [-0.3, -0.25) is 9.78 Å². The molecule has 1 fully saturated rings. The van der Waals surface area contributed by atoms with Gasteiger partial charge in [0.05, 0.1) is 16.8 Å². The van der Waals surface area contributed by atoms with Crippen LogP contribution in [0.2, 0.25) is 0 Å². The summed E-state index contributed by atoms with van der Waals surface area (Å²) < 4.78 is 0. The summed E-state index contributed by atoms with van der Waals surface area (Å²) in [7, 11) is 0. The van der Waals surface area contributed by atoms with Crippen LogP contribution in [0.25, 0.3) is 10.9 Å². The van der Waals surface area contributed by atoms with Crippen LogP contribution < -0.4 is 10.2 Å². The van der Waals surface area contributed by atoms with Crippen LogP contribution in [0.1, 0.15) is 38.2 Å². The Kier molecular flexibility index (Phi) is 5.49. The first-order valence-electron chi connectivity index (χ1n) is 9.05. The predicted octanol–water partition coefficient (Wildman–Crippen LogP) is 3.24. The molecule has 0 radical (unpaired) electrons. The number of benzene rings is 1. The average molecular weight is 336 g/mol. The Bertz CT molecular complexity index is 788. The van der Waals surface area contributed by atoms with Gasteiger partial charge >= 0.3 is 0 Å². The number of fused-ring (bicyclic) bond motifs is 1. The lowest BCUT2D eigenvalue weighted by atomic mass is 9.94. The largest absolute Gasteiger partial charge is 0.370 e. The van der Waals surface area contributed by atoms with Crippen LogP contribution in [0.5, 0.6) is 0 Å². The van der Waals surface area contributed by atoms with Gasteiger partial charge in [0.15, 0.2) is 0 Å². The Balaban J connectivity index is 1.74. The fraction of sp³-hybridized carbons (Fsp3) is 0.450. The maximum atomic E-state index is 12.3. The average Bonchev–Trinajstić information content (AvgIpc) is 2.67. The van der Waals surface area contributed by atoms with Crippen molar-refractivity contribution in [2.45, 2.75) is 32.6 Å². The molecule has 2 aromatic rings. The second kappa shape index (κ2) is 7.98. The molecule has 0 aliphatic carbocycles. The molecule has 1 aromatic heterocycles. The summed E-state index contributed by atoms with van der Waals surface area (Å²) in [4.78, 5) is 18.9. The molecule has 1 saturated heterocycles. The molecule has 1 amide bonds. The van der Waals surface area contributed by atoms with Gasteiger partial charge < -0.3 is 10.2 Å². The third-order valence-electron chi connectivity index (χ3n) is 4.88. The SMILES string of the molecule is CCCCNC(=O)C1CCN(c2c(C#N)cnc3ccccc23)CC1. The predicted molar refractivity (Wildman–Crippen MR) is 99.3 cm³/mol. The summed E-state index contributed by atoms with van der Waals surface area (Å²) in [6.45, 7) is 4.46. The minimum absolute atomic E-state index is 0.0757. The van der Waals surface area contributed by atoms with E-state index < -0.39 is 0 Å². The first kappa shape index (κ1) is 17.2. The molecule has 0 atom stereocenters. The summed E-state index contributed by atoms with van der Waals surface area (Å²) in [5.41, 5.74) is 2.46. The number of anilines is 1. The number of nitrogens with zero attached hydrogens (tertiary/aromatic N) is 3. The molecular weight excluding hydrogens is 312 g/mol. The van der Waals surface area contributed by atoms with Gasteiger partial charge in [0.25, 0.3) is 0 Å². The van der Waals surface area contributed by atoms with E-state index in [1.807, 2.05) is 24.3 Å². The van der Waals surface area contributed by atoms with E-state index in [2.05, 4.69) is 28.2 Å². The number of hydrogen-bond donors (Lipinski definition) is 1. The van der Waals surface area contributed by atoms with Gasteiger partial charge in [-0.05, 0) is 25.3 Å². The second-order valence-electron chi connectivity index (χ2n) is 6.56. The van der Waals surface area contributed by atoms with Crippen LogP contribution in [0.15, 0.2) is 30.5 Å². The van der Waals surface area contributed by atoms with Crippen LogP contribution in [0.4, 0.5) is 5.69 Å². The number of aromatic nitrogens is 1. The van der Waals surface area contributed by atoms with E-state index in [9.17, 15) is 10.1 Å². The van der Waals surface area contributed by atoms with E-state index >= 15 is 0 Å². The van der Waals surface area contributed by atoms with Gasteiger partial charge in [0.2, 0.25) is 5.91 Å². The molecule has 5 nitrogen and oxygen atoms in total. The molecule has 130 valence electrons. The van der Waals surface area contributed by atoms with Crippen molar-refractivity contribution in [1.82, 2.24) is 10.3 Å². The molecule has 1 aromatic carbocycles. The molecule has 3 rings (SSSR count). The minimum Gasteiger partial charge on any atom is -0.370 e.